The molecule has 2 aliphatic heterocycles. The third kappa shape index (κ3) is 4.17. The fourth-order valence-electron chi connectivity index (χ4n) is 3.40. The predicted molar refractivity (Wildman–Crippen MR) is 108 cm³/mol. The molecular weight excluding hydrogens is 376 g/mol. The van der Waals surface area contributed by atoms with Crippen molar-refractivity contribution in [2.24, 2.45) is 10.9 Å². The smallest absolute Gasteiger partial charge is 0.228 e. The molecule has 4 N–H and O–H groups in total. The summed E-state index contributed by atoms with van der Waals surface area (Å²) in [5.74, 6) is 6.82. The maximum absolute atomic E-state index is 10.3. The van der Waals surface area contributed by atoms with Crippen molar-refractivity contribution in [1.82, 2.24) is 9.97 Å². The summed E-state index contributed by atoms with van der Waals surface area (Å²) in [6, 6.07) is 6.08. The van der Waals surface area contributed by atoms with Crippen molar-refractivity contribution < 1.29 is 19.7 Å². The minimum atomic E-state index is -0.131. The van der Waals surface area contributed by atoms with Gasteiger partial charge in [0, 0.05) is 43.9 Å². The van der Waals surface area contributed by atoms with Gasteiger partial charge in [0.25, 0.3) is 0 Å². The molecule has 2 saturated heterocycles. The van der Waals surface area contributed by atoms with E-state index in [1.807, 2.05) is 6.07 Å². The van der Waals surface area contributed by atoms with Crippen molar-refractivity contribution in [3.63, 3.8) is 0 Å². The lowest BCUT2D eigenvalue weighted by Gasteiger charge is -2.31. The number of anilines is 2. The Morgan fingerprint density at radius 2 is 1.59 bits per heavy atom. The molecule has 1 aromatic carbocycles. The van der Waals surface area contributed by atoms with Gasteiger partial charge in [-0.05, 0) is 12.1 Å². The molecule has 2 aliphatic rings. The fraction of sp³-hybridized carbons (Fsp3) is 0.421. The molecule has 0 aliphatic carbocycles. The number of hydrogen-bond donors (Lipinski definition) is 3. The number of hydrogen-bond acceptors (Lipinski definition) is 10. The van der Waals surface area contributed by atoms with Gasteiger partial charge in [0.15, 0.2) is 0 Å². The zero-order chi connectivity index (χ0) is 20.2. The standard InChI is InChI=1S/C19H24N6O4/c20-23-18(14-2-1-13(26)11-16(14)27)15-12-17(24-3-7-28-8-4-24)22-19(21-15)25-5-9-29-10-6-25/h1-2,11-12,26-27H,3-10,20H2/b23-18+. The van der Waals surface area contributed by atoms with Gasteiger partial charge in [0.1, 0.15) is 23.0 Å². The minimum Gasteiger partial charge on any atom is -0.508 e. The van der Waals surface area contributed by atoms with Gasteiger partial charge in [-0.15, -0.1) is 0 Å². The van der Waals surface area contributed by atoms with Crippen LogP contribution in [0.25, 0.3) is 0 Å². The second-order valence-corrected chi connectivity index (χ2v) is 6.79. The van der Waals surface area contributed by atoms with E-state index in [1.54, 1.807) is 6.07 Å². The summed E-state index contributed by atoms with van der Waals surface area (Å²) in [4.78, 5) is 13.6. The molecule has 0 amide bonds. The zero-order valence-electron chi connectivity index (χ0n) is 16.0. The van der Waals surface area contributed by atoms with Crippen LogP contribution in [-0.4, -0.2) is 78.5 Å². The molecule has 29 heavy (non-hydrogen) atoms. The number of aromatic hydroxyl groups is 2. The van der Waals surface area contributed by atoms with E-state index in [2.05, 4.69) is 19.9 Å². The molecular formula is C19H24N6O4. The van der Waals surface area contributed by atoms with Gasteiger partial charge in [-0.2, -0.15) is 10.1 Å². The Balaban J connectivity index is 1.77. The monoisotopic (exact) mass is 400 g/mol. The van der Waals surface area contributed by atoms with Crippen molar-refractivity contribution in [2.75, 3.05) is 62.4 Å². The van der Waals surface area contributed by atoms with Crippen LogP contribution in [0.2, 0.25) is 0 Å². The van der Waals surface area contributed by atoms with E-state index < -0.39 is 0 Å². The number of nitrogens with zero attached hydrogens (tertiary/aromatic N) is 5. The lowest BCUT2D eigenvalue weighted by Crippen LogP contribution is -2.39. The SMILES string of the molecule is N/N=C(/c1cc(N2CCOCC2)nc(N2CCOCC2)n1)c1ccc(O)cc1O. The van der Waals surface area contributed by atoms with Crippen LogP contribution in [0.5, 0.6) is 11.5 Å². The highest BCUT2D eigenvalue weighted by molar-refractivity contribution is 6.13. The first-order valence-corrected chi connectivity index (χ1v) is 9.51. The molecule has 0 spiro atoms. The number of benzene rings is 1. The highest BCUT2D eigenvalue weighted by Gasteiger charge is 2.22. The Hall–Kier alpha value is -3.11. The largest absolute Gasteiger partial charge is 0.508 e. The summed E-state index contributed by atoms with van der Waals surface area (Å²) < 4.78 is 10.9. The average molecular weight is 400 g/mol. The lowest BCUT2D eigenvalue weighted by atomic mass is 10.1. The van der Waals surface area contributed by atoms with Gasteiger partial charge in [0.05, 0.1) is 32.1 Å². The number of phenols is 2. The maximum Gasteiger partial charge on any atom is 0.228 e. The van der Waals surface area contributed by atoms with Gasteiger partial charge in [-0.25, -0.2) is 4.98 Å². The summed E-state index contributed by atoms with van der Waals surface area (Å²) >= 11 is 0. The third-order valence-electron chi connectivity index (χ3n) is 4.94. The van der Waals surface area contributed by atoms with Gasteiger partial charge in [0.2, 0.25) is 5.95 Å². The molecule has 0 radical (unpaired) electrons. The molecule has 2 fully saturated rings. The van der Waals surface area contributed by atoms with Crippen molar-refractivity contribution in [3.05, 3.63) is 35.5 Å². The average Bonchev–Trinajstić information content (AvgIpc) is 2.77. The first-order valence-electron chi connectivity index (χ1n) is 9.51. The first kappa shape index (κ1) is 19.2. The van der Waals surface area contributed by atoms with Crippen molar-refractivity contribution >= 4 is 17.5 Å². The van der Waals surface area contributed by atoms with Crippen LogP contribution < -0.4 is 15.6 Å². The van der Waals surface area contributed by atoms with E-state index in [0.717, 1.165) is 18.9 Å². The van der Waals surface area contributed by atoms with Crippen LogP contribution in [0.3, 0.4) is 0 Å². The molecule has 0 bridgehead atoms. The third-order valence-corrected chi connectivity index (χ3v) is 4.94. The lowest BCUT2D eigenvalue weighted by molar-refractivity contribution is 0.121. The molecule has 0 unspecified atom stereocenters. The van der Waals surface area contributed by atoms with E-state index in [0.29, 0.717) is 62.4 Å². The molecule has 0 saturated carbocycles. The molecule has 10 heteroatoms. The number of ether oxygens (including phenoxy) is 2. The van der Waals surface area contributed by atoms with E-state index in [4.69, 9.17) is 20.3 Å². The minimum absolute atomic E-state index is 0.0479. The Bertz CT molecular complexity index is 858. The number of nitrogens with two attached hydrogens (primary N) is 1. The fourth-order valence-corrected chi connectivity index (χ4v) is 3.40. The highest BCUT2D eigenvalue weighted by Crippen LogP contribution is 2.27. The van der Waals surface area contributed by atoms with Gasteiger partial charge in [-0.3, -0.25) is 0 Å². The number of rotatable bonds is 4. The second kappa shape index (κ2) is 8.50. The second-order valence-electron chi connectivity index (χ2n) is 6.79. The Morgan fingerprint density at radius 3 is 2.21 bits per heavy atom. The quantitative estimate of drug-likeness (QED) is 0.376. The maximum atomic E-state index is 10.3. The summed E-state index contributed by atoms with van der Waals surface area (Å²) in [7, 11) is 0. The number of morpholine rings is 2. The highest BCUT2D eigenvalue weighted by atomic mass is 16.5. The molecule has 0 atom stereocenters. The number of hydrazone groups is 1. The predicted octanol–water partition coefficient (Wildman–Crippen LogP) is 0.272. The summed E-state index contributed by atoms with van der Waals surface area (Å²) in [5, 5.41) is 23.8. The van der Waals surface area contributed by atoms with Crippen molar-refractivity contribution in [3.8, 4) is 11.5 Å². The topological polar surface area (TPSA) is 130 Å². The summed E-state index contributed by atoms with van der Waals surface area (Å²) in [6.45, 7) is 5.29. The molecule has 154 valence electrons. The van der Waals surface area contributed by atoms with Crippen LogP contribution in [0, 0.1) is 0 Å². The van der Waals surface area contributed by atoms with Gasteiger partial charge in [-0.1, -0.05) is 0 Å². The van der Waals surface area contributed by atoms with Crippen molar-refractivity contribution in [2.45, 2.75) is 0 Å². The van der Waals surface area contributed by atoms with E-state index in [-0.39, 0.29) is 11.5 Å². The van der Waals surface area contributed by atoms with Crippen LogP contribution in [0.15, 0.2) is 29.4 Å². The number of phenolic OH excluding ortho intramolecular Hbond substituents is 2. The molecule has 3 heterocycles. The molecule has 4 rings (SSSR count). The normalized spacial score (nSPS) is 18.1. The molecule has 10 nitrogen and oxygen atoms in total. The summed E-state index contributed by atoms with van der Waals surface area (Å²) in [5.41, 5.74) is 1.19. The van der Waals surface area contributed by atoms with Crippen LogP contribution in [0.1, 0.15) is 11.3 Å². The Labute approximate surface area is 168 Å². The van der Waals surface area contributed by atoms with E-state index in [9.17, 15) is 10.2 Å². The van der Waals surface area contributed by atoms with Crippen LogP contribution in [0.4, 0.5) is 11.8 Å². The van der Waals surface area contributed by atoms with Gasteiger partial charge < -0.3 is 35.3 Å². The molecule has 2 aromatic rings. The van der Waals surface area contributed by atoms with Gasteiger partial charge >= 0.3 is 0 Å². The Morgan fingerprint density at radius 1 is 0.931 bits per heavy atom. The van der Waals surface area contributed by atoms with E-state index >= 15 is 0 Å². The molecule has 1 aromatic heterocycles. The summed E-state index contributed by atoms with van der Waals surface area (Å²) in [6.07, 6.45) is 0. The first-order chi connectivity index (χ1) is 14.2. The van der Waals surface area contributed by atoms with Crippen LogP contribution in [-0.2, 0) is 9.47 Å². The van der Waals surface area contributed by atoms with E-state index in [1.165, 1.54) is 12.1 Å². The zero-order valence-corrected chi connectivity index (χ0v) is 16.0. The number of aromatic nitrogens is 2. The van der Waals surface area contributed by atoms with Crippen LogP contribution >= 0.6 is 0 Å². The Kier molecular flexibility index (Phi) is 5.63. The van der Waals surface area contributed by atoms with Crippen molar-refractivity contribution in [1.29, 1.82) is 0 Å².